The highest BCUT2D eigenvalue weighted by Crippen LogP contribution is 2.08. The van der Waals surface area contributed by atoms with E-state index in [-0.39, 0.29) is 6.61 Å². The minimum Gasteiger partial charge on any atom is -0.392 e. The molecule has 0 aromatic carbocycles. The van der Waals surface area contributed by atoms with Crippen LogP contribution in [0.2, 0.25) is 0 Å². The van der Waals surface area contributed by atoms with Crippen molar-refractivity contribution in [2.24, 2.45) is 5.92 Å². The van der Waals surface area contributed by atoms with E-state index >= 15 is 0 Å². The number of rotatable bonds is 5. The lowest BCUT2D eigenvalue weighted by Gasteiger charge is -1.99. The molecule has 10 heavy (non-hydrogen) atoms. The topological polar surface area (TPSA) is 20.2 Å². The fraction of sp³-hybridized carbons (Fsp3) is 0.750. The number of hydrogen-bond donors (Lipinski definition) is 1. The summed E-state index contributed by atoms with van der Waals surface area (Å²) in [5.74, 6) is 1.95. The fourth-order valence-corrected chi connectivity index (χ4v) is 1.45. The first-order valence-electron chi connectivity index (χ1n) is 3.65. The van der Waals surface area contributed by atoms with Crippen LogP contribution in [-0.4, -0.2) is 17.5 Å². The quantitative estimate of drug-likeness (QED) is 0.623. The van der Waals surface area contributed by atoms with Gasteiger partial charge in [-0.3, -0.25) is 0 Å². The first kappa shape index (κ1) is 10.0. The molecule has 0 aromatic rings. The largest absolute Gasteiger partial charge is 0.392 e. The third kappa shape index (κ3) is 8.05. The molecule has 0 heterocycles. The molecule has 0 unspecified atom stereocenters. The second-order valence-corrected chi connectivity index (χ2v) is 3.62. The normalized spacial score (nSPS) is 11.6. The Morgan fingerprint density at radius 1 is 1.50 bits per heavy atom. The molecule has 0 spiro atoms. The maximum atomic E-state index is 8.37. The SMILES string of the molecule is CC(C)CCS/C=C\CO. The summed E-state index contributed by atoms with van der Waals surface area (Å²) < 4.78 is 0. The Morgan fingerprint density at radius 2 is 2.20 bits per heavy atom. The smallest absolute Gasteiger partial charge is 0.0620 e. The van der Waals surface area contributed by atoms with E-state index in [2.05, 4.69) is 13.8 Å². The van der Waals surface area contributed by atoms with E-state index < -0.39 is 0 Å². The molecule has 0 aliphatic carbocycles. The third-order valence-corrected chi connectivity index (χ3v) is 1.97. The minimum absolute atomic E-state index is 0.161. The second-order valence-electron chi connectivity index (χ2n) is 2.61. The average Bonchev–Trinajstić information content (AvgIpc) is 1.87. The van der Waals surface area contributed by atoms with E-state index in [9.17, 15) is 0 Å². The zero-order chi connectivity index (χ0) is 7.82. The highest BCUT2D eigenvalue weighted by atomic mass is 32.2. The highest BCUT2D eigenvalue weighted by Gasteiger charge is 1.90. The van der Waals surface area contributed by atoms with Crippen LogP contribution in [0.1, 0.15) is 20.3 Å². The van der Waals surface area contributed by atoms with Gasteiger partial charge >= 0.3 is 0 Å². The molecule has 0 amide bonds. The lowest BCUT2D eigenvalue weighted by molar-refractivity contribution is 0.343. The van der Waals surface area contributed by atoms with Crippen molar-refractivity contribution in [1.29, 1.82) is 0 Å². The van der Waals surface area contributed by atoms with E-state index in [1.807, 2.05) is 5.41 Å². The minimum atomic E-state index is 0.161. The Kier molecular flexibility index (Phi) is 7.20. The molecule has 0 saturated heterocycles. The van der Waals surface area contributed by atoms with Gasteiger partial charge in [0.25, 0.3) is 0 Å². The van der Waals surface area contributed by atoms with Crippen LogP contribution >= 0.6 is 11.8 Å². The molecule has 0 aliphatic rings. The Bertz CT molecular complexity index is 89.3. The Labute approximate surface area is 67.5 Å². The molecular formula is C8H16OS. The molecule has 0 fully saturated rings. The van der Waals surface area contributed by atoms with Gasteiger partial charge in [-0.1, -0.05) is 19.9 Å². The Morgan fingerprint density at radius 3 is 2.70 bits per heavy atom. The van der Waals surface area contributed by atoms with Gasteiger partial charge in [0.15, 0.2) is 0 Å². The van der Waals surface area contributed by atoms with Crippen molar-refractivity contribution in [3.63, 3.8) is 0 Å². The van der Waals surface area contributed by atoms with Gasteiger partial charge < -0.3 is 5.11 Å². The lowest BCUT2D eigenvalue weighted by Crippen LogP contribution is -1.87. The van der Waals surface area contributed by atoms with Crippen LogP contribution in [-0.2, 0) is 0 Å². The molecule has 0 rings (SSSR count). The Balaban J connectivity index is 2.97. The Hall–Kier alpha value is 0.0500. The van der Waals surface area contributed by atoms with Crippen molar-refractivity contribution in [1.82, 2.24) is 0 Å². The van der Waals surface area contributed by atoms with Crippen molar-refractivity contribution in [2.75, 3.05) is 12.4 Å². The molecule has 2 heteroatoms. The van der Waals surface area contributed by atoms with Gasteiger partial charge in [0.05, 0.1) is 6.61 Å². The van der Waals surface area contributed by atoms with Gasteiger partial charge in [0.1, 0.15) is 0 Å². The fourth-order valence-electron chi connectivity index (χ4n) is 0.483. The van der Waals surface area contributed by atoms with E-state index in [1.165, 1.54) is 6.42 Å². The summed E-state index contributed by atoms with van der Waals surface area (Å²) >= 11 is 1.77. The first-order chi connectivity index (χ1) is 4.77. The van der Waals surface area contributed by atoms with Crippen molar-refractivity contribution >= 4 is 11.8 Å². The third-order valence-electron chi connectivity index (χ3n) is 1.11. The van der Waals surface area contributed by atoms with Crippen molar-refractivity contribution < 1.29 is 5.11 Å². The average molecular weight is 160 g/mol. The molecule has 0 radical (unpaired) electrons. The van der Waals surface area contributed by atoms with E-state index in [4.69, 9.17) is 5.11 Å². The van der Waals surface area contributed by atoms with Gasteiger partial charge in [-0.25, -0.2) is 0 Å². The standard InChI is InChI=1S/C8H16OS/c1-8(2)4-7-10-6-3-5-9/h3,6,8-9H,4-5,7H2,1-2H3/b6-3-. The summed E-state index contributed by atoms with van der Waals surface area (Å²) in [5, 5.41) is 10.3. The van der Waals surface area contributed by atoms with Crippen LogP contribution < -0.4 is 0 Å². The van der Waals surface area contributed by atoms with Gasteiger partial charge in [-0.15, -0.1) is 11.8 Å². The molecule has 1 nitrogen and oxygen atoms in total. The summed E-state index contributed by atoms with van der Waals surface area (Å²) in [4.78, 5) is 0. The number of aliphatic hydroxyl groups excluding tert-OH is 1. The second kappa shape index (κ2) is 7.16. The van der Waals surface area contributed by atoms with E-state index in [0.29, 0.717) is 0 Å². The van der Waals surface area contributed by atoms with Gasteiger partial charge in [-0.2, -0.15) is 0 Å². The lowest BCUT2D eigenvalue weighted by atomic mass is 10.2. The van der Waals surface area contributed by atoms with Crippen LogP contribution in [0.4, 0.5) is 0 Å². The van der Waals surface area contributed by atoms with Crippen molar-refractivity contribution in [2.45, 2.75) is 20.3 Å². The van der Waals surface area contributed by atoms with Gasteiger partial charge in [0.2, 0.25) is 0 Å². The van der Waals surface area contributed by atoms with Crippen molar-refractivity contribution in [3.05, 3.63) is 11.5 Å². The molecule has 0 aromatic heterocycles. The van der Waals surface area contributed by atoms with Crippen molar-refractivity contribution in [3.8, 4) is 0 Å². The molecule has 0 atom stereocenters. The molecule has 60 valence electrons. The maximum absolute atomic E-state index is 8.37. The van der Waals surface area contributed by atoms with Gasteiger partial charge in [0, 0.05) is 0 Å². The summed E-state index contributed by atoms with van der Waals surface area (Å²) in [6.07, 6.45) is 3.02. The monoisotopic (exact) mass is 160 g/mol. The predicted molar refractivity (Wildman–Crippen MR) is 48.1 cm³/mol. The molecule has 0 saturated carbocycles. The van der Waals surface area contributed by atoms with Gasteiger partial charge in [-0.05, 0) is 23.5 Å². The van der Waals surface area contributed by atoms with Crippen LogP contribution in [0.25, 0.3) is 0 Å². The summed E-state index contributed by atoms with van der Waals surface area (Å²) in [6.45, 7) is 4.60. The first-order valence-corrected chi connectivity index (χ1v) is 4.69. The van der Waals surface area contributed by atoms with E-state index in [0.717, 1.165) is 11.7 Å². The van der Waals surface area contributed by atoms with E-state index in [1.54, 1.807) is 17.8 Å². The zero-order valence-electron chi connectivity index (χ0n) is 6.71. The molecule has 0 bridgehead atoms. The molecular weight excluding hydrogens is 144 g/mol. The van der Waals surface area contributed by atoms with Crippen LogP contribution in [0, 0.1) is 5.92 Å². The summed E-state index contributed by atoms with van der Waals surface area (Å²) in [5.41, 5.74) is 0. The molecule has 1 N–H and O–H groups in total. The summed E-state index contributed by atoms with van der Waals surface area (Å²) in [7, 11) is 0. The number of hydrogen-bond acceptors (Lipinski definition) is 2. The van der Waals surface area contributed by atoms with Crippen LogP contribution in [0.5, 0.6) is 0 Å². The zero-order valence-corrected chi connectivity index (χ0v) is 7.53. The van der Waals surface area contributed by atoms with Crippen LogP contribution in [0.3, 0.4) is 0 Å². The predicted octanol–water partition coefficient (Wildman–Crippen LogP) is 2.27. The maximum Gasteiger partial charge on any atom is 0.0620 e. The number of aliphatic hydroxyl groups is 1. The number of thioether (sulfide) groups is 1. The highest BCUT2D eigenvalue weighted by molar-refractivity contribution is 8.02. The summed E-state index contributed by atoms with van der Waals surface area (Å²) in [6, 6.07) is 0. The van der Waals surface area contributed by atoms with Crippen LogP contribution in [0.15, 0.2) is 11.5 Å². The molecule has 0 aliphatic heterocycles.